The molecule has 3 heteroatoms. The molecule has 1 atom stereocenters. The van der Waals surface area contributed by atoms with E-state index in [4.69, 9.17) is 0 Å². The number of rotatable bonds is 2. The van der Waals surface area contributed by atoms with Gasteiger partial charge in [0, 0.05) is 12.2 Å². The topological polar surface area (TPSA) is 37.4 Å². The molecule has 0 spiro atoms. The largest absolute Gasteiger partial charge is 0.312 e. The lowest BCUT2D eigenvalue weighted by Gasteiger charge is -2.31. The Morgan fingerprint density at radius 2 is 2.00 bits per heavy atom. The van der Waals surface area contributed by atoms with Gasteiger partial charge >= 0.3 is 0 Å². The van der Waals surface area contributed by atoms with Crippen LogP contribution in [0.5, 0.6) is 0 Å². The minimum absolute atomic E-state index is 0.0226. The molecule has 0 bridgehead atoms. The van der Waals surface area contributed by atoms with E-state index < -0.39 is 5.92 Å². The van der Waals surface area contributed by atoms with Crippen LogP contribution >= 0.6 is 0 Å². The number of piperidine rings is 1. The molecule has 1 amide bonds. The van der Waals surface area contributed by atoms with Crippen molar-refractivity contribution in [2.45, 2.75) is 19.8 Å². The van der Waals surface area contributed by atoms with E-state index in [0.29, 0.717) is 13.0 Å². The number of amides is 1. The second kappa shape index (κ2) is 4.47. The van der Waals surface area contributed by atoms with Crippen LogP contribution in [0.25, 0.3) is 0 Å². The molecule has 1 aromatic rings. The number of carbonyl (C=O) groups excluding carboxylic acids is 2. The van der Waals surface area contributed by atoms with Crippen molar-refractivity contribution in [2.75, 3.05) is 11.4 Å². The molecule has 1 aliphatic heterocycles. The van der Waals surface area contributed by atoms with Gasteiger partial charge in [-0.1, -0.05) is 18.2 Å². The summed E-state index contributed by atoms with van der Waals surface area (Å²) < 4.78 is 0. The summed E-state index contributed by atoms with van der Waals surface area (Å²) >= 11 is 0. The van der Waals surface area contributed by atoms with E-state index in [1.54, 1.807) is 4.90 Å². The van der Waals surface area contributed by atoms with E-state index in [1.165, 1.54) is 6.92 Å². The van der Waals surface area contributed by atoms with Crippen molar-refractivity contribution in [3.63, 3.8) is 0 Å². The zero-order valence-corrected chi connectivity index (χ0v) is 9.35. The van der Waals surface area contributed by atoms with Crippen LogP contribution in [0.3, 0.4) is 0 Å². The van der Waals surface area contributed by atoms with Gasteiger partial charge in [-0.25, -0.2) is 0 Å². The minimum Gasteiger partial charge on any atom is -0.312 e. The average Bonchev–Trinajstić information content (AvgIpc) is 2.30. The van der Waals surface area contributed by atoms with E-state index in [-0.39, 0.29) is 11.7 Å². The summed E-state index contributed by atoms with van der Waals surface area (Å²) in [7, 11) is 0. The average molecular weight is 217 g/mol. The number of nitrogens with zero attached hydrogens (tertiary/aromatic N) is 1. The summed E-state index contributed by atoms with van der Waals surface area (Å²) in [5.74, 6) is -0.510. The van der Waals surface area contributed by atoms with Gasteiger partial charge in [0.15, 0.2) is 0 Å². The highest BCUT2D eigenvalue weighted by Crippen LogP contribution is 2.24. The lowest BCUT2D eigenvalue weighted by atomic mass is 9.93. The number of hydrogen-bond acceptors (Lipinski definition) is 2. The SMILES string of the molecule is CC(=O)C1CCCN(c2ccccc2)C1=O. The predicted octanol–water partition coefficient (Wildman–Crippen LogP) is 2.02. The molecule has 16 heavy (non-hydrogen) atoms. The van der Waals surface area contributed by atoms with Crippen molar-refractivity contribution in [2.24, 2.45) is 5.92 Å². The Balaban J connectivity index is 2.23. The van der Waals surface area contributed by atoms with E-state index in [1.807, 2.05) is 30.3 Å². The first kappa shape index (κ1) is 10.9. The van der Waals surface area contributed by atoms with Gasteiger partial charge in [-0.05, 0) is 31.9 Å². The minimum atomic E-state index is -0.436. The van der Waals surface area contributed by atoms with Crippen LogP contribution < -0.4 is 4.90 Å². The van der Waals surface area contributed by atoms with Gasteiger partial charge in [0.2, 0.25) is 5.91 Å². The van der Waals surface area contributed by atoms with Gasteiger partial charge in [-0.15, -0.1) is 0 Å². The van der Waals surface area contributed by atoms with Crippen molar-refractivity contribution in [1.29, 1.82) is 0 Å². The summed E-state index contributed by atoms with van der Waals surface area (Å²) in [6.07, 6.45) is 1.59. The van der Waals surface area contributed by atoms with Gasteiger partial charge in [0.25, 0.3) is 0 Å². The van der Waals surface area contributed by atoms with Crippen LogP contribution in [0.15, 0.2) is 30.3 Å². The fourth-order valence-corrected chi connectivity index (χ4v) is 2.12. The summed E-state index contributed by atoms with van der Waals surface area (Å²) in [6.45, 7) is 2.21. The van der Waals surface area contributed by atoms with Crippen LogP contribution in [-0.2, 0) is 9.59 Å². The Labute approximate surface area is 95.1 Å². The number of ketones is 1. The quantitative estimate of drug-likeness (QED) is 0.711. The highest BCUT2D eigenvalue weighted by Gasteiger charge is 2.32. The second-order valence-electron chi connectivity index (χ2n) is 4.13. The van der Waals surface area contributed by atoms with Crippen LogP contribution in [-0.4, -0.2) is 18.2 Å². The Morgan fingerprint density at radius 1 is 1.31 bits per heavy atom. The zero-order valence-electron chi connectivity index (χ0n) is 9.35. The summed E-state index contributed by atoms with van der Waals surface area (Å²) in [6, 6.07) is 9.53. The first-order valence-corrected chi connectivity index (χ1v) is 5.57. The van der Waals surface area contributed by atoms with Crippen molar-refractivity contribution in [3.05, 3.63) is 30.3 Å². The van der Waals surface area contributed by atoms with Crippen molar-refractivity contribution in [1.82, 2.24) is 0 Å². The Bertz CT molecular complexity index is 400. The first-order valence-electron chi connectivity index (χ1n) is 5.57. The number of para-hydroxylation sites is 1. The molecule has 2 rings (SSSR count). The van der Waals surface area contributed by atoms with E-state index in [0.717, 1.165) is 12.1 Å². The Hall–Kier alpha value is -1.64. The maximum Gasteiger partial charge on any atom is 0.237 e. The lowest BCUT2D eigenvalue weighted by Crippen LogP contribution is -2.43. The molecule has 1 unspecified atom stereocenters. The van der Waals surface area contributed by atoms with Crippen LogP contribution in [0, 0.1) is 5.92 Å². The second-order valence-corrected chi connectivity index (χ2v) is 4.13. The first-order chi connectivity index (χ1) is 7.70. The molecular formula is C13H15NO2. The van der Waals surface area contributed by atoms with Gasteiger partial charge in [-0.2, -0.15) is 0 Å². The monoisotopic (exact) mass is 217 g/mol. The third-order valence-electron chi connectivity index (χ3n) is 3.00. The van der Waals surface area contributed by atoms with Crippen LogP contribution in [0.1, 0.15) is 19.8 Å². The number of anilines is 1. The maximum absolute atomic E-state index is 12.1. The standard InChI is InChI=1S/C13H15NO2/c1-10(15)12-8-5-9-14(13(12)16)11-6-3-2-4-7-11/h2-4,6-7,12H,5,8-9H2,1H3. The fourth-order valence-electron chi connectivity index (χ4n) is 2.12. The number of carbonyl (C=O) groups is 2. The smallest absolute Gasteiger partial charge is 0.237 e. The predicted molar refractivity (Wildman–Crippen MR) is 62.2 cm³/mol. The molecular weight excluding hydrogens is 202 g/mol. The summed E-state index contributed by atoms with van der Waals surface area (Å²) in [5, 5.41) is 0. The third kappa shape index (κ3) is 1.98. The molecule has 1 aromatic carbocycles. The van der Waals surface area contributed by atoms with Crippen molar-refractivity contribution in [3.8, 4) is 0 Å². The molecule has 0 radical (unpaired) electrons. The van der Waals surface area contributed by atoms with E-state index >= 15 is 0 Å². The third-order valence-corrected chi connectivity index (χ3v) is 3.00. The van der Waals surface area contributed by atoms with Crippen molar-refractivity contribution < 1.29 is 9.59 Å². The van der Waals surface area contributed by atoms with Gasteiger partial charge in [-0.3, -0.25) is 9.59 Å². The molecule has 1 aliphatic rings. The highest BCUT2D eigenvalue weighted by atomic mass is 16.2. The summed E-state index contributed by atoms with van der Waals surface area (Å²) in [4.78, 5) is 25.1. The number of benzene rings is 1. The molecule has 1 saturated heterocycles. The molecule has 84 valence electrons. The number of Topliss-reactive ketones (excluding diaryl/α,β-unsaturated/α-hetero) is 1. The molecule has 1 fully saturated rings. The lowest BCUT2D eigenvalue weighted by molar-refractivity contribution is -0.132. The Kier molecular flexibility index (Phi) is 3.04. The molecule has 1 heterocycles. The van der Waals surface area contributed by atoms with Gasteiger partial charge < -0.3 is 4.90 Å². The Morgan fingerprint density at radius 3 is 2.62 bits per heavy atom. The zero-order chi connectivity index (χ0) is 11.5. The number of hydrogen-bond donors (Lipinski definition) is 0. The summed E-state index contributed by atoms with van der Waals surface area (Å²) in [5.41, 5.74) is 0.887. The molecule has 0 aliphatic carbocycles. The van der Waals surface area contributed by atoms with E-state index in [2.05, 4.69) is 0 Å². The van der Waals surface area contributed by atoms with Crippen LogP contribution in [0.2, 0.25) is 0 Å². The molecule has 3 nitrogen and oxygen atoms in total. The van der Waals surface area contributed by atoms with Crippen LogP contribution in [0.4, 0.5) is 5.69 Å². The van der Waals surface area contributed by atoms with Gasteiger partial charge in [0.1, 0.15) is 5.78 Å². The fraction of sp³-hybridized carbons (Fsp3) is 0.385. The maximum atomic E-state index is 12.1. The molecule has 0 saturated carbocycles. The van der Waals surface area contributed by atoms with Crippen molar-refractivity contribution >= 4 is 17.4 Å². The van der Waals surface area contributed by atoms with Gasteiger partial charge in [0.05, 0.1) is 5.92 Å². The van der Waals surface area contributed by atoms with E-state index in [9.17, 15) is 9.59 Å². The highest BCUT2D eigenvalue weighted by molar-refractivity contribution is 6.08. The molecule has 0 N–H and O–H groups in total. The molecule has 0 aromatic heterocycles. The normalized spacial score (nSPS) is 20.9.